The Morgan fingerprint density at radius 3 is 1.00 bits per heavy atom. The van der Waals surface area contributed by atoms with Crippen LogP contribution in [0.4, 0.5) is 0 Å². The summed E-state index contributed by atoms with van der Waals surface area (Å²) in [5.41, 5.74) is 0. The normalized spacial score (nSPS) is 13.8. The molecule has 0 rings (SSSR count). The SMILES string of the molecule is CCCCCCCCCCCCCCCCCCCCCC/C=C/CC/C=C/CC/C=C/C(O)C(COP(=O)([O-])OCC[N+](C)(C)C)NC(=O)CCCCCCCCCCCCCCCCCCCCCCCCCCCCCCC. The van der Waals surface area contributed by atoms with Gasteiger partial charge < -0.3 is 28.8 Å². The maximum atomic E-state index is 13.0. The minimum absolute atomic E-state index is 0.00704. The van der Waals surface area contributed by atoms with E-state index >= 15 is 0 Å². The van der Waals surface area contributed by atoms with Gasteiger partial charge in [0.25, 0.3) is 7.82 Å². The van der Waals surface area contributed by atoms with E-state index in [0.717, 1.165) is 44.9 Å². The van der Waals surface area contributed by atoms with Gasteiger partial charge >= 0.3 is 0 Å². The van der Waals surface area contributed by atoms with E-state index < -0.39 is 26.6 Å². The van der Waals surface area contributed by atoms with E-state index in [0.29, 0.717) is 17.4 Å². The summed E-state index contributed by atoms with van der Waals surface area (Å²) in [7, 11) is 1.25. The number of rotatable bonds is 67. The molecule has 3 unspecified atom stereocenters. The van der Waals surface area contributed by atoms with Crippen LogP contribution in [0, 0.1) is 0 Å². The number of nitrogens with zero attached hydrogens (tertiary/aromatic N) is 1. The zero-order chi connectivity index (χ0) is 59.1. The van der Waals surface area contributed by atoms with Crippen molar-refractivity contribution in [3.8, 4) is 0 Å². The first kappa shape index (κ1) is 79.7. The van der Waals surface area contributed by atoms with Gasteiger partial charge in [0.05, 0.1) is 39.9 Å². The van der Waals surface area contributed by atoms with E-state index in [1.54, 1.807) is 6.08 Å². The Hall–Kier alpha value is -1.28. The molecule has 0 aliphatic heterocycles. The predicted molar refractivity (Wildman–Crippen MR) is 353 cm³/mol. The highest BCUT2D eigenvalue weighted by Crippen LogP contribution is 2.38. The van der Waals surface area contributed by atoms with Crippen LogP contribution < -0.4 is 10.2 Å². The molecule has 3 atom stereocenters. The van der Waals surface area contributed by atoms with Crippen LogP contribution in [0.5, 0.6) is 0 Å². The number of aliphatic hydroxyl groups is 1. The number of hydrogen-bond acceptors (Lipinski definition) is 6. The number of allylic oxidation sites excluding steroid dienone is 5. The lowest BCUT2D eigenvalue weighted by atomic mass is 10.0. The minimum Gasteiger partial charge on any atom is -0.756 e. The fraction of sp³-hybridized carbons (Fsp3) is 0.903. The molecule has 0 aromatic carbocycles. The molecule has 8 nitrogen and oxygen atoms in total. The van der Waals surface area contributed by atoms with Gasteiger partial charge in [-0.15, -0.1) is 0 Å². The minimum atomic E-state index is -4.61. The average Bonchev–Trinajstić information content (AvgIpc) is 3.43. The van der Waals surface area contributed by atoms with Gasteiger partial charge in [-0.3, -0.25) is 9.36 Å². The van der Waals surface area contributed by atoms with Gasteiger partial charge in [-0.05, 0) is 44.9 Å². The van der Waals surface area contributed by atoms with Crippen LogP contribution >= 0.6 is 7.82 Å². The summed E-state index contributed by atoms with van der Waals surface area (Å²) in [4.78, 5) is 25.6. The lowest BCUT2D eigenvalue weighted by molar-refractivity contribution is -0.870. The van der Waals surface area contributed by atoms with Gasteiger partial charge in [0.1, 0.15) is 13.2 Å². The zero-order valence-corrected chi connectivity index (χ0v) is 55.9. The van der Waals surface area contributed by atoms with Crippen molar-refractivity contribution in [2.75, 3.05) is 40.9 Å². The van der Waals surface area contributed by atoms with E-state index in [9.17, 15) is 19.4 Å². The second-order valence-electron chi connectivity index (χ2n) is 25.9. The van der Waals surface area contributed by atoms with Gasteiger partial charge in [-0.25, -0.2) is 0 Å². The third-order valence-electron chi connectivity index (χ3n) is 16.6. The van der Waals surface area contributed by atoms with Crippen molar-refractivity contribution in [2.45, 2.75) is 379 Å². The lowest BCUT2D eigenvalue weighted by Crippen LogP contribution is -2.45. The van der Waals surface area contributed by atoms with E-state index in [1.165, 1.54) is 302 Å². The Morgan fingerprint density at radius 2 is 0.691 bits per heavy atom. The predicted octanol–water partition coefficient (Wildman–Crippen LogP) is 22.2. The van der Waals surface area contributed by atoms with E-state index in [2.05, 4.69) is 43.5 Å². The van der Waals surface area contributed by atoms with Gasteiger partial charge in [-0.2, -0.15) is 0 Å². The second kappa shape index (κ2) is 63.2. The quantitative estimate of drug-likeness (QED) is 0.0272. The smallest absolute Gasteiger partial charge is 0.268 e. The zero-order valence-electron chi connectivity index (χ0n) is 55.0. The molecule has 81 heavy (non-hydrogen) atoms. The highest BCUT2D eigenvalue weighted by Gasteiger charge is 2.23. The van der Waals surface area contributed by atoms with E-state index in [-0.39, 0.29) is 12.5 Å². The molecule has 2 N–H and O–H groups in total. The van der Waals surface area contributed by atoms with Crippen molar-refractivity contribution >= 4 is 13.7 Å². The summed E-state index contributed by atoms with van der Waals surface area (Å²) in [5, 5.41) is 13.9. The van der Waals surface area contributed by atoms with Crippen molar-refractivity contribution in [1.82, 2.24) is 5.32 Å². The van der Waals surface area contributed by atoms with Crippen molar-refractivity contribution in [3.05, 3.63) is 36.5 Å². The summed E-state index contributed by atoms with van der Waals surface area (Å²) in [5.74, 6) is -0.203. The number of aliphatic hydroxyl groups excluding tert-OH is 1. The molecule has 9 heteroatoms. The molecular weight excluding hydrogens is 1020 g/mol. The number of phosphoric ester groups is 1. The Balaban J connectivity index is 4.09. The maximum Gasteiger partial charge on any atom is 0.268 e. The first-order valence-corrected chi connectivity index (χ1v) is 37.3. The number of quaternary nitrogens is 1. The molecule has 1 amide bonds. The molecule has 0 aromatic heterocycles. The molecule has 0 saturated heterocycles. The van der Waals surface area contributed by atoms with Crippen LogP contribution in [-0.2, 0) is 18.4 Å². The number of hydrogen-bond donors (Lipinski definition) is 2. The molecule has 0 radical (unpaired) electrons. The highest BCUT2D eigenvalue weighted by atomic mass is 31.2. The summed E-state index contributed by atoms with van der Waals surface area (Å²) in [6, 6.07) is -0.910. The Labute approximate surface area is 506 Å². The summed E-state index contributed by atoms with van der Waals surface area (Å²) >= 11 is 0. The topological polar surface area (TPSA) is 108 Å². The van der Waals surface area contributed by atoms with Gasteiger partial charge in [0.2, 0.25) is 5.91 Å². The first-order valence-electron chi connectivity index (χ1n) is 35.9. The number of phosphoric acid groups is 1. The number of nitrogens with one attached hydrogen (secondary N) is 1. The summed E-state index contributed by atoms with van der Waals surface area (Å²) < 4.78 is 23.4. The second-order valence-corrected chi connectivity index (χ2v) is 27.3. The molecular formula is C72H141N2O6P. The molecule has 0 bridgehead atoms. The van der Waals surface area contributed by atoms with Crippen LogP contribution in [0.1, 0.15) is 367 Å². The van der Waals surface area contributed by atoms with Crippen LogP contribution in [-0.4, -0.2) is 68.5 Å². The fourth-order valence-electron chi connectivity index (χ4n) is 11.0. The van der Waals surface area contributed by atoms with Crippen LogP contribution in [0.2, 0.25) is 0 Å². The molecule has 0 aliphatic rings. The van der Waals surface area contributed by atoms with Crippen molar-refractivity contribution in [2.24, 2.45) is 0 Å². The Bertz CT molecular complexity index is 1410. The van der Waals surface area contributed by atoms with Gasteiger partial charge in [-0.1, -0.05) is 352 Å². The highest BCUT2D eigenvalue weighted by molar-refractivity contribution is 7.45. The summed E-state index contributed by atoms with van der Waals surface area (Å²) in [6.45, 7) is 4.68. The number of carbonyl (C=O) groups excluding carboxylic acids is 1. The average molecular weight is 1160 g/mol. The molecule has 0 aliphatic carbocycles. The van der Waals surface area contributed by atoms with Gasteiger partial charge in [0, 0.05) is 6.42 Å². The Kier molecular flexibility index (Phi) is 62.2. The number of amides is 1. The maximum absolute atomic E-state index is 13.0. The molecule has 0 saturated carbocycles. The van der Waals surface area contributed by atoms with Crippen LogP contribution in [0.3, 0.4) is 0 Å². The van der Waals surface area contributed by atoms with Gasteiger partial charge in [0.15, 0.2) is 0 Å². The van der Waals surface area contributed by atoms with Crippen LogP contribution in [0.15, 0.2) is 36.5 Å². The lowest BCUT2D eigenvalue weighted by Gasteiger charge is -2.29. The third-order valence-corrected chi connectivity index (χ3v) is 17.5. The molecule has 0 fully saturated rings. The molecule has 0 spiro atoms. The molecule has 0 heterocycles. The monoisotopic (exact) mass is 1160 g/mol. The van der Waals surface area contributed by atoms with Crippen molar-refractivity contribution < 1.29 is 32.9 Å². The van der Waals surface area contributed by atoms with Crippen molar-refractivity contribution in [3.63, 3.8) is 0 Å². The third kappa shape index (κ3) is 66.1. The van der Waals surface area contributed by atoms with E-state index in [4.69, 9.17) is 9.05 Å². The largest absolute Gasteiger partial charge is 0.756 e. The summed E-state index contributed by atoms with van der Waals surface area (Å²) in [6.07, 6.45) is 84.3. The number of unbranched alkanes of at least 4 members (excludes halogenated alkanes) is 50. The van der Waals surface area contributed by atoms with Crippen molar-refractivity contribution in [1.29, 1.82) is 0 Å². The van der Waals surface area contributed by atoms with Crippen LogP contribution in [0.25, 0.3) is 0 Å². The Morgan fingerprint density at radius 1 is 0.420 bits per heavy atom. The standard InChI is InChI=1S/C72H141N2O6P/c1-6-8-10-12-14-16-18-20-22-24-26-28-30-32-34-36-38-39-41-43-45-47-49-51-53-55-57-59-61-63-65-71(75)70(69-80-81(77,78)79-68-67-74(3,4)5)73-72(76)66-64-62-60-58-56-54-52-50-48-46-44-42-40-37-35-33-31-29-27-25-23-21-19-17-15-13-11-9-7-2/h47,49,55,57,63,65,70-71,75H,6-46,48,50-54,56,58-62,64,66-69H2,1-5H3,(H-,73,76,77,78)/b49-47+,57-55+,65-63+. The van der Waals surface area contributed by atoms with E-state index in [1.807, 2.05) is 27.2 Å². The number of likely N-dealkylation sites (N-methyl/N-ethyl adjacent to an activating group) is 1. The fourth-order valence-corrected chi connectivity index (χ4v) is 11.7. The first-order chi connectivity index (χ1) is 39.5. The molecule has 480 valence electrons. The number of carbonyl (C=O) groups is 1. The molecule has 0 aromatic rings.